The van der Waals surface area contributed by atoms with Crippen molar-refractivity contribution in [3.05, 3.63) is 63.2 Å². The topological polar surface area (TPSA) is 73.0 Å². The van der Waals surface area contributed by atoms with Gasteiger partial charge in [0.15, 0.2) is 0 Å². The van der Waals surface area contributed by atoms with E-state index in [2.05, 4.69) is 16.5 Å². The Morgan fingerprint density at radius 3 is 2.76 bits per heavy atom. The summed E-state index contributed by atoms with van der Waals surface area (Å²) in [5, 5.41) is 9.77. The largest absolute Gasteiger partial charge is 0.368 e. The summed E-state index contributed by atoms with van der Waals surface area (Å²) in [5.41, 5.74) is 0.218. The summed E-state index contributed by atoms with van der Waals surface area (Å²) in [6.07, 6.45) is 1.93. The number of tetrazole rings is 1. The lowest BCUT2D eigenvalue weighted by atomic mass is 10.2. The third-order valence-electron chi connectivity index (χ3n) is 4.37. The average molecular weight is 355 g/mol. The SMILES string of the molecule is O=C(Cn1nnn(-c2ccccc2)c1=O)N1CCC[C@@H]1c1cccs1. The quantitative estimate of drug-likeness (QED) is 0.716. The van der Waals surface area contributed by atoms with E-state index in [0.717, 1.165) is 17.5 Å². The number of carbonyl (C=O) groups excluding carboxylic acids is 1. The van der Waals surface area contributed by atoms with E-state index in [1.165, 1.54) is 9.56 Å². The highest BCUT2D eigenvalue weighted by atomic mass is 32.1. The maximum absolute atomic E-state index is 12.7. The van der Waals surface area contributed by atoms with Crippen LogP contribution in [-0.2, 0) is 11.3 Å². The molecule has 128 valence electrons. The molecule has 0 N–H and O–H groups in total. The lowest BCUT2D eigenvalue weighted by molar-refractivity contribution is -0.133. The zero-order chi connectivity index (χ0) is 17.2. The van der Waals surface area contributed by atoms with Crippen LogP contribution in [0.15, 0.2) is 52.6 Å². The Hall–Kier alpha value is -2.74. The van der Waals surface area contributed by atoms with E-state index in [1.807, 2.05) is 34.5 Å². The van der Waals surface area contributed by atoms with E-state index < -0.39 is 5.69 Å². The van der Waals surface area contributed by atoms with Crippen LogP contribution in [0.4, 0.5) is 0 Å². The van der Waals surface area contributed by atoms with Crippen molar-refractivity contribution in [2.75, 3.05) is 6.54 Å². The summed E-state index contributed by atoms with van der Waals surface area (Å²) >= 11 is 1.66. The molecule has 1 aliphatic heterocycles. The monoisotopic (exact) mass is 355 g/mol. The number of aromatic nitrogens is 4. The van der Waals surface area contributed by atoms with Gasteiger partial charge in [0.1, 0.15) is 6.54 Å². The maximum Gasteiger partial charge on any atom is 0.368 e. The van der Waals surface area contributed by atoms with Crippen molar-refractivity contribution >= 4 is 17.2 Å². The van der Waals surface area contributed by atoms with Gasteiger partial charge in [-0.15, -0.1) is 11.3 Å². The number of nitrogens with zero attached hydrogens (tertiary/aromatic N) is 5. The predicted molar refractivity (Wildman–Crippen MR) is 93.6 cm³/mol. The van der Waals surface area contributed by atoms with Crippen LogP contribution < -0.4 is 5.69 Å². The molecule has 0 unspecified atom stereocenters. The zero-order valence-corrected chi connectivity index (χ0v) is 14.3. The van der Waals surface area contributed by atoms with Crippen molar-refractivity contribution < 1.29 is 4.79 Å². The highest BCUT2D eigenvalue weighted by Crippen LogP contribution is 2.34. The third kappa shape index (κ3) is 3.00. The molecule has 0 bridgehead atoms. The van der Waals surface area contributed by atoms with Gasteiger partial charge in [0, 0.05) is 11.4 Å². The van der Waals surface area contributed by atoms with Crippen molar-refractivity contribution in [3.8, 4) is 5.69 Å². The molecular weight excluding hydrogens is 338 g/mol. The van der Waals surface area contributed by atoms with Gasteiger partial charge >= 0.3 is 5.69 Å². The first-order chi connectivity index (χ1) is 12.2. The van der Waals surface area contributed by atoms with Gasteiger partial charge in [-0.3, -0.25) is 4.79 Å². The highest BCUT2D eigenvalue weighted by Gasteiger charge is 2.31. The molecule has 0 radical (unpaired) electrons. The first-order valence-corrected chi connectivity index (χ1v) is 9.03. The van der Waals surface area contributed by atoms with Gasteiger partial charge in [0.2, 0.25) is 5.91 Å². The van der Waals surface area contributed by atoms with Crippen LogP contribution in [0.3, 0.4) is 0 Å². The summed E-state index contributed by atoms with van der Waals surface area (Å²) in [7, 11) is 0. The van der Waals surface area contributed by atoms with E-state index in [1.54, 1.807) is 23.5 Å². The molecule has 1 amide bonds. The van der Waals surface area contributed by atoms with Gasteiger partial charge in [-0.2, -0.15) is 9.36 Å². The van der Waals surface area contributed by atoms with Crippen LogP contribution in [-0.4, -0.2) is 37.1 Å². The Labute approximate surface area is 148 Å². The van der Waals surface area contributed by atoms with Crippen LogP contribution in [0.25, 0.3) is 5.69 Å². The molecule has 1 aliphatic rings. The summed E-state index contributed by atoms with van der Waals surface area (Å²) in [6, 6.07) is 13.2. The van der Waals surface area contributed by atoms with E-state index >= 15 is 0 Å². The lowest BCUT2D eigenvalue weighted by Gasteiger charge is -2.23. The number of para-hydroxylation sites is 1. The molecule has 3 heterocycles. The molecule has 8 heteroatoms. The standard InChI is InChI=1S/C17H17N5O2S/c23-16(20-10-4-8-14(20)15-9-5-11-25-15)12-21-17(24)22(19-18-21)13-6-2-1-3-7-13/h1-3,5-7,9,11,14H,4,8,10,12H2/t14-/m1/s1. The van der Waals surface area contributed by atoms with Crippen molar-refractivity contribution in [2.45, 2.75) is 25.4 Å². The van der Waals surface area contributed by atoms with Gasteiger partial charge in [0.25, 0.3) is 0 Å². The molecule has 0 saturated carbocycles. The molecule has 3 aromatic rings. The Balaban J connectivity index is 1.54. The summed E-state index contributed by atoms with van der Waals surface area (Å²) in [5.74, 6) is -0.0990. The summed E-state index contributed by atoms with van der Waals surface area (Å²) in [6.45, 7) is 0.622. The normalized spacial score (nSPS) is 17.1. The van der Waals surface area contributed by atoms with Gasteiger partial charge in [-0.05, 0) is 46.8 Å². The van der Waals surface area contributed by atoms with Gasteiger partial charge in [0.05, 0.1) is 11.7 Å². The molecule has 4 rings (SSSR count). The molecule has 7 nitrogen and oxygen atoms in total. The number of benzene rings is 1. The zero-order valence-electron chi connectivity index (χ0n) is 13.5. The molecule has 1 aromatic carbocycles. The van der Waals surface area contributed by atoms with E-state index in [0.29, 0.717) is 12.2 Å². The van der Waals surface area contributed by atoms with E-state index in [9.17, 15) is 9.59 Å². The minimum absolute atomic E-state index is 0.0897. The number of thiophene rings is 1. The third-order valence-corrected chi connectivity index (χ3v) is 5.34. The van der Waals surface area contributed by atoms with Crippen molar-refractivity contribution in [1.82, 2.24) is 24.7 Å². The van der Waals surface area contributed by atoms with E-state index in [-0.39, 0.29) is 18.5 Å². The number of rotatable bonds is 4. The summed E-state index contributed by atoms with van der Waals surface area (Å²) in [4.78, 5) is 28.2. The molecular formula is C17H17N5O2S. The van der Waals surface area contributed by atoms with E-state index in [4.69, 9.17) is 0 Å². The fourth-order valence-corrected chi connectivity index (χ4v) is 4.04. The van der Waals surface area contributed by atoms with Crippen LogP contribution in [0, 0.1) is 0 Å². The number of hydrogen-bond donors (Lipinski definition) is 0. The van der Waals surface area contributed by atoms with Gasteiger partial charge in [-0.25, -0.2) is 4.79 Å². The second kappa shape index (κ2) is 6.64. The number of carbonyl (C=O) groups is 1. The fraction of sp³-hybridized carbons (Fsp3) is 0.294. The number of likely N-dealkylation sites (tertiary alicyclic amines) is 1. The fourth-order valence-electron chi connectivity index (χ4n) is 3.17. The lowest BCUT2D eigenvalue weighted by Crippen LogP contribution is -2.36. The Morgan fingerprint density at radius 2 is 2.00 bits per heavy atom. The highest BCUT2D eigenvalue weighted by molar-refractivity contribution is 7.10. The second-order valence-corrected chi connectivity index (χ2v) is 6.91. The Bertz CT molecular complexity index is 916. The number of hydrogen-bond acceptors (Lipinski definition) is 5. The minimum atomic E-state index is -0.411. The Kier molecular flexibility index (Phi) is 4.19. The summed E-state index contributed by atoms with van der Waals surface area (Å²) < 4.78 is 2.33. The maximum atomic E-state index is 12.7. The first kappa shape index (κ1) is 15.8. The van der Waals surface area contributed by atoms with Crippen molar-refractivity contribution in [2.24, 2.45) is 0 Å². The van der Waals surface area contributed by atoms with Crippen LogP contribution >= 0.6 is 11.3 Å². The number of amides is 1. The van der Waals surface area contributed by atoms with Crippen LogP contribution in [0.1, 0.15) is 23.8 Å². The minimum Gasteiger partial charge on any atom is -0.333 e. The molecule has 25 heavy (non-hydrogen) atoms. The molecule has 0 aliphatic carbocycles. The molecule has 2 aromatic heterocycles. The van der Waals surface area contributed by atoms with Gasteiger partial charge < -0.3 is 4.90 Å². The first-order valence-electron chi connectivity index (χ1n) is 8.15. The average Bonchev–Trinajstić information content (AvgIpc) is 3.36. The predicted octanol–water partition coefficient (Wildman–Crippen LogP) is 1.85. The Morgan fingerprint density at radius 1 is 1.16 bits per heavy atom. The molecule has 1 fully saturated rings. The molecule has 1 atom stereocenters. The van der Waals surface area contributed by atoms with Crippen molar-refractivity contribution in [1.29, 1.82) is 0 Å². The second-order valence-electron chi connectivity index (χ2n) is 5.93. The smallest absolute Gasteiger partial charge is 0.333 e. The molecule has 0 spiro atoms. The van der Waals surface area contributed by atoms with Crippen LogP contribution in [0.5, 0.6) is 0 Å². The van der Waals surface area contributed by atoms with Crippen LogP contribution in [0.2, 0.25) is 0 Å². The van der Waals surface area contributed by atoms with Gasteiger partial charge in [-0.1, -0.05) is 24.3 Å². The molecule has 1 saturated heterocycles. The van der Waals surface area contributed by atoms with Crippen molar-refractivity contribution in [3.63, 3.8) is 0 Å².